The van der Waals surface area contributed by atoms with Crippen LogP contribution in [0.2, 0.25) is 0 Å². The van der Waals surface area contributed by atoms with E-state index in [1.807, 2.05) is 54.6 Å². The Kier molecular flexibility index (Phi) is 8.34. The molecule has 2 heterocycles. The first-order valence-electron chi connectivity index (χ1n) is 15.3. The lowest BCUT2D eigenvalue weighted by molar-refractivity contribution is 0.102. The van der Waals surface area contributed by atoms with Crippen molar-refractivity contribution in [2.75, 3.05) is 26.6 Å². The van der Waals surface area contributed by atoms with Crippen molar-refractivity contribution in [2.24, 2.45) is 0 Å². The number of benzene rings is 5. The minimum Gasteiger partial charge on any atom is -0.493 e. The van der Waals surface area contributed by atoms with Gasteiger partial charge in [0.1, 0.15) is 11.5 Å². The molecule has 0 aliphatic carbocycles. The molecule has 7 rings (SSSR count). The normalized spacial score (nSPS) is 10.9. The minimum absolute atomic E-state index is 0.0830. The first kappa shape index (κ1) is 30.9. The van der Waals surface area contributed by atoms with E-state index in [0.29, 0.717) is 73.5 Å². The number of amides is 1. The fourth-order valence-electron chi connectivity index (χ4n) is 5.61. The lowest BCUT2D eigenvalue weighted by atomic mass is 10.0. The number of hydrogen-bond donors (Lipinski definition) is 2. The lowest BCUT2D eigenvalue weighted by Crippen LogP contribution is -2.13. The first-order valence-corrected chi connectivity index (χ1v) is 15.3. The molecular formula is C39H30N4O6. The topological polar surface area (TPSA) is 129 Å². The maximum atomic E-state index is 13.5. The van der Waals surface area contributed by atoms with E-state index in [9.17, 15) is 9.59 Å². The Balaban J connectivity index is 1.09. The molecule has 0 spiro atoms. The third-order valence-electron chi connectivity index (χ3n) is 8.11. The Morgan fingerprint density at radius 2 is 1.43 bits per heavy atom. The van der Waals surface area contributed by atoms with Gasteiger partial charge in [0, 0.05) is 39.6 Å². The van der Waals surface area contributed by atoms with Gasteiger partial charge < -0.3 is 29.0 Å². The second-order valence-electron chi connectivity index (χ2n) is 11.1. The Hall–Kier alpha value is -6.68. The number of methoxy groups -OCH3 is 3. The third-order valence-corrected chi connectivity index (χ3v) is 8.11. The zero-order chi connectivity index (χ0) is 33.9. The van der Waals surface area contributed by atoms with Gasteiger partial charge >= 0.3 is 0 Å². The van der Waals surface area contributed by atoms with E-state index in [4.69, 9.17) is 23.7 Å². The summed E-state index contributed by atoms with van der Waals surface area (Å²) in [7, 11) is 4.65. The number of hydrogen-bond acceptors (Lipinski definition) is 8. The van der Waals surface area contributed by atoms with Crippen molar-refractivity contribution >= 4 is 28.4 Å². The highest BCUT2D eigenvalue weighted by Crippen LogP contribution is 2.41. The number of aromatic amines is 1. The highest BCUT2D eigenvalue weighted by molar-refractivity contribution is 6.11. The molecule has 7 aromatic rings. The molecule has 2 aromatic heterocycles. The molecule has 0 unspecified atom stereocenters. The van der Waals surface area contributed by atoms with Crippen LogP contribution in [-0.4, -0.2) is 48.1 Å². The van der Waals surface area contributed by atoms with Gasteiger partial charge in [-0.05, 0) is 48.5 Å². The number of anilines is 1. The van der Waals surface area contributed by atoms with E-state index < -0.39 is 0 Å². The van der Waals surface area contributed by atoms with Crippen LogP contribution in [0.4, 0.5) is 5.69 Å². The Morgan fingerprint density at radius 3 is 2.14 bits per heavy atom. The smallest absolute Gasteiger partial charge is 0.256 e. The minimum atomic E-state index is -0.296. The quantitative estimate of drug-likeness (QED) is 0.142. The number of rotatable bonds is 10. The largest absolute Gasteiger partial charge is 0.493 e. The Labute approximate surface area is 281 Å². The van der Waals surface area contributed by atoms with Gasteiger partial charge in [0.25, 0.3) is 5.91 Å². The Bertz CT molecular complexity index is 2280. The molecule has 0 fully saturated rings. The standard InChI is InChI=1S/C39H30N4O6/c1-46-34-20-26(21-35(47-2)37(34)48-3)33-22-31(43-49-33)23-13-16-27(17-14-23)40-39(45)29-12-8-7-11-28(29)38-41-30-18-15-25(19-32(30)42-38)36(44)24-9-5-4-6-10-24/h4-22H,1-3H3,(H,40,45)(H,41,42). The Morgan fingerprint density at radius 1 is 0.714 bits per heavy atom. The van der Waals surface area contributed by atoms with Crippen molar-refractivity contribution in [3.05, 3.63) is 132 Å². The van der Waals surface area contributed by atoms with Crippen molar-refractivity contribution in [2.45, 2.75) is 0 Å². The summed E-state index contributed by atoms with van der Waals surface area (Å²) in [6, 6.07) is 34.4. The van der Waals surface area contributed by atoms with Gasteiger partial charge in [0.05, 0.1) is 37.9 Å². The third kappa shape index (κ3) is 6.10. The fraction of sp³-hybridized carbons (Fsp3) is 0.0769. The zero-order valence-corrected chi connectivity index (χ0v) is 26.8. The van der Waals surface area contributed by atoms with Gasteiger partial charge in [0.2, 0.25) is 5.75 Å². The SMILES string of the molecule is COc1cc(-c2cc(-c3ccc(NC(=O)c4ccccc4-c4nc5cc(C(=O)c6ccccc6)ccc5[nH]4)cc3)no2)cc(OC)c1OC. The maximum absolute atomic E-state index is 13.5. The molecule has 0 saturated heterocycles. The summed E-state index contributed by atoms with van der Waals surface area (Å²) in [5.74, 6) is 2.15. The summed E-state index contributed by atoms with van der Waals surface area (Å²) < 4.78 is 22.0. The molecule has 2 N–H and O–H groups in total. The molecule has 0 radical (unpaired) electrons. The summed E-state index contributed by atoms with van der Waals surface area (Å²) in [5.41, 5.74) is 6.33. The van der Waals surface area contributed by atoms with Crippen LogP contribution >= 0.6 is 0 Å². The van der Waals surface area contributed by atoms with E-state index in [2.05, 4.69) is 15.5 Å². The average molecular weight is 651 g/mol. The molecule has 0 saturated carbocycles. The number of carbonyl (C=O) groups excluding carboxylic acids is 2. The van der Waals surface area contributed by atoms with Gasteiger partial charge in [-0.25, -0.2) is 4.98 Å². The van der Waals surface area contributed by atoms with Gasteiger partial charge in [-0.2, -0.15) is 0 Å². The summed E-state index contributed by atoms with van der Waals surface area (Å²) in [6.45, 7) is 0. The number of ketones is 1. The number of imidazole rings is 1. The van der Waals surface area contributed by atoms with Crippen LogP contribution in [0.5, 0.6) is 17.2 Å². The molecule has 49 heavy (non-hydrogen) atoms. The second kappa shape index (κ2) is 13.2. The number of nitrogens with zero attached hydrogens (tertiary/aromatic N) is 2. The van der Waals surface area contributed by atoms with Crippen LogP contribution in [0.1, 0.15) is 26.3 Å². The van der Waals surface area contributed by atoms with Crippen molar-refractivity contribution in [1.82, 2.24) is 15.1 Å². The van der Waals surface area contributed by atoms with Gasteiger partial charge in [-0.15, -0.1) is 0 Å². The number of H-pyrrole nitrogens is 1. The van der Waals surface area contributed by atoms with Crippen LogP contribution in [-0.2, 0) is 0 Å². The van der Waals surface area contributed by atoms with Crippen LogP contribution in [0.3, 0.4) is 0 Å². The predicted octanol–water partition coefficient (Wildman–Crippen LogP) is 8.06. The van der Waals surface area contributed by atoms with E-state index in [1.165, 1.54) is 0 Å². The first-order chi connectivity index (χ1) is 23.9. The van der Waals surface area contributed by atoms with E-state index in [1.54, 1.807) is 82.0 Å². The molecule has 1 amide bonds. The molecule has 0 aliphatic rings. The average Bonchev–Trinajstić information content (AvgIpc) is 3.82. The lowest BCUT2D eigenvalue weighted by Gasteiger charge is -2.12. The van der Waals surface area contributed by atoms with Crippen LogP contribution in [0, 0.1) is 0 Å². The summed E-state index contributed by atoms with van der Waals surface area (Å²) in [5, 5.41) is 7.23. The summed E-state index contributed by atoms with van der Waals surface area (Å²) in [4.78, 5) is 34.6. The molecule has 5 aromatic carbocycles. The molecular weight excluding hydrogens is 620 g/mol. The van der Waals surface area contributed by atoms with Gasteiger partial charge in [0.15, 0.2) is 23.0 Å². The highest BCUT2D eigenvalue weighted by atomic mass is 16.5. The van der Waals surface area contributed by atoms with Crippen LogP contribution in [0.15, 0.2) is 120 Å². The van der Waals surface area contributed by atoms with Gasteiger partial charge in [-0.1, -0.05) is 65.8 Å². The zero-order valence-electron chi connectivity index (χ0n) is 26.8. The van der Waals surface area contributed by atoms with E-state index >= 15 is 0 Å². The summed E-state index contributed by atoms with van der Waals surface area (Å²) in [6.07, 6.45) is 0. The number of ether oxygens (including phenoxy) is 3. The highest BCUT2D eigenvalue weighted by Gasteiger charge is 2.19. The van der Waals surface area contributed by atoms with Crippen LogP contribution < -0.4 is 19.5 Å². The van der Waals surface area contributed by atoms with Crippen molar-refractivity contribution in [3.63, 3.8) is 0 Å². The maximum Gasteiger partial charge on any atom is 0.256 e. The number of carbonyl (C=O) groups is 2. The molecule has 10 heteroatoms. The van der Waals surface area contributed by atoms with Crippen molar-refractivity contribution in [3.8, 4) is 51.2 Å². The molecule has 10 nitrogen and oxygen atoms in total. The number of fused-ring (bicyclic) bond motifs is 1. The van der Waals surface area contributed by atoms with E-state index in [0.717, 1.165) is 11.1 Å². The van der Waals surface area contributed by atoms with Crippen molar-refractivity contribution in [1.29, 1.82) is 0 Å². The summed E-state index contributed by atoms with van der Waals surface area (Å²) >= 11 is 0. The predicted molar refractivity (Wildman–Crippen MR) is 186 cm³/mol. The molecule has 242 valence electrons. The molecule has 0 atom stereocenters. The molecule has 0 aliphatic heterocycles. The van der Waals surface area contributed by atoms with Crippen molar-refractivity contribution < 1.29 is 28.3 Å². The van der Waals surface area contributed by atoms with E-state index in [-0.39, 0.29) is 11.7 Å². The fourth-order valence-corrected chi connectivity index (χ4v) is 5.61. The van der Waals surface area contributed by atoms with Gasteiger partial charge in [-0.3, -0.25) is 9.59 Å². The monoisotopic (exact) mass is 650 g/mol. The van der Waals surface area contributed by atoms with Crippen LogP contribution in [0.25, 0.3) is 45.0 Å². The second-order valence-corrected chi connectivity index (χ2v) is 11.1. The number of nitrogens with one attached hydrogen (secondary N) is 2. The number of aromatic nitrogens is 3. The molecule has 0 bridgehead atoms.